The summed E-state index contributed by atoms with van der Waals surface area (Å²) in [6.45, 7) is 2.97. The molecule has 0 atom stereocenters. The number of nitrogens with zero attached hydrogens (tertiary/aromatic N) is 6. The Kier molecular flexibility index (Phi) is 4.19. The van der Waals surface area contributed by atoms with Gasteiger partial charge in [0, 0.05) is 41.8 Å². The summed E-state index contributed by atoms with van der Waals surface area (Å²) in [5.74, 6) is 7.09. The normalized spacial score (nSPS) is 17.0. The number of hydrogen-bond acceptors (Lipinski definition) is 5. The number of aromatic nitrogens is 5. The Morgan fingerprint density at radius 2 is 2.03 bits per heavy atom. The second kappa shape index (κ2) is 6.99. The van der Waals surface area contributed by atoms with Gasteiger partial charge in [0.05, 0.1) is 11.6 Å². The van der Waals surface area contributed by atoms with Gasteiger partial charge in [-0.25, -0.2) is 14.1 Å². The minimum absolute atomic E-state index is 0.165. The molecule has 4 heterocycles. The van der Waals surface area contributed by atoms with Crippen LogP contribution in [0, 0.1) is 23.1 Å². The van der Waals surface area contributed by atoms with Crippen LogP contribution >= 0.6 is 0 Å². The molecular weight excluding hydrogens is 403 g/mol. The van der Waals surface area contributed by atoms with Crippen LogP contribution in [0.4, 0.5) is 15.9 Å². The van der Waals surface area contributed by atoms with E-state index in [1.807, 2.05) is 6.07 Å². The van der Waals surface area contributed by atoms with Gasteiger partial charge in [-0.15, -0.1) is 5.10 Å². The van der Waals surface area contributed by atoms with Gasteiger partial charge in [-0.2, -0.15) is 0 Å². The Hall–Kier alpha value is -3.53. The lowest BCUT2D eigenvalue weighted by Crippen LogP contribution is -2.20. The first kappa shape index (κ1) is 19.2. The second-order valence-electron chi connectivity index (χ2n) is 9.09. The zero-order valence-corrected chi connectivity index (χ0v) is 18.2. The molecule has 0 radical (unpaired) electrons. The zero-order valence-electron chi connectivity index (χ0n) is 18.2. The first-order valence-electron chi connectivity index (χ1n) is 11.1. The van der Waals surface area contributed by atoms with Crippen LogP contribution in [0.3, 0.4) is 0 Å². The van der Waals surface area contributed by atoms with E-state index in [0.717, 1.165) is 37.1 Å². The van der Waals surface area contributed by atoms with E-state index in [0.29, 0.717) is 27.8 Å². The predicted octanol–water partition coefficient (Wildman–Crippen LogP) is 4.68. The molecule has 1 fully saturated rings. The van der Waals surface area contributed by atoms with Crippen molar-refractivity contribution >= 4 is 33.4 Å². The van der Waals surface area contributed by atoms with Gasteiger partial charge in [0.2, 0.25) is 5.65 Å². The van der Waals surface area contributed by atoms with Crippen LogP contribution in [0.15, 0.2) is 30.6 Å². The fraction of sp³-hybridized carbons (Fsp3) is 0.360. The van der Waals surface area contributed by atoms with E-state index < -0.39 is 5.82 Å². The lowest BCUT2D eigenvalue weighted by Gasteiger charge is -2.26. The summed E-state index contributed by atoms with van der Waals surface area (Å²) >= 11 is 0. The van der Waals surface area contributed by atoms with Gasteiger partial charge in [0.25, 0.3) is 0 Å². The topological polar surface area (TPSA) is 59.7 Å². The van der Waals surface area contributed by atoms with Gasteiger partial charge in [-0.05, 0) is 56.7 Å². The number of halogens is 1. The molecule has 1 aliphatic heterocycles. The molecule has 0 bridgehead atoms. The Balaban J connectivity index is 1.59. The first-order chi connectivity index (χ1) is 15.5. The van der Waals surface area contributed by atoms with Crippen LogP contribution in [0.5, 0.6) is 0 Å². The van der Waals surface area contributed by atoms with Crippen LogP contribution in [0.25, 0.3) is 21.9 Å². The van der Waals surface area contributed by atoms with Gasteiger partial charge in [-0.1, -0.05) is 23.1 Å². The lowest BCUT2D eigenvalue weighted by molar-refractivity contribution is 0.633. The van der Waals surface area contributed by atoms with Crippen molar-refractivity contribution in [1.82, 2.24) is 25.0 Å². The summed E-state index contributed by atoms with van der Waals surface area (Å²) in [7, 11) is 1.79. The van der Waals surface area contributed by atoms with E-state index in [9.17, 15) is 0 Å². The van der Waals surface area contributed by atoms with Crippen molar-refractivity contribution < 1.29 is 4.39 Å². The predicted molar refractivity (Wildman–Crippen MR) is 122 cm³/mol. The molecule has 0 spiro atoms. The van der Waals surface area contributed by atoms with Crippen LogP contribution in [-0.4, -0.2) is 31.5 Å². The fourth-order valence-corrected chi connectivity index (χ4v) is 4.56. The largest absolute Gasteiger partial charge is 0.325 e. The van der Waals surface area contributed by atoms with E-state index in [4.69, 9.17) is 4.98 Å². The standard InChI is InChI=1S/C25H23FN6/c1-25(11-12-25)10-9-16-6-5-8-20-17(16)7-3-4-13-32(20)24-21-18(14-27-15-19(21)26)22-23(28-24)29-30-31(22)2/h5-6,8,14-15H,3-4,7,11-13H2,1-2H3. The van der Waals surface area contributed by atoms with Crippen LogP contribution in [-0.2, 0) is 13.5 Å². The van der Waals surface area contributed by atoms with Crippen LogP contribution in [0.2, 0.25) is 0 Å². The highest BCUT2D eigenvalue weighted by atomic mass is 19.1. The maximum Gasteiger partial charge on any atom is 0.204 e. The molecule has 0 saturated heterocycles. The van der Waals surface area contributed by atoms with Gasteiger partial charge < -0.3 is 4.90 Å². The molecule has 1 saturated carbocycles. The number of anilines is 2. The average molecular weight is 426 g/mol. The summed E-state index contributed by atoms with van der Waals surface area (Å²) in [6.07, 6.45) is 8.24. The highest BCUT2D eigenvalue weighted by molar-refractivity contribution is 6.08. The molecule has 6 rings (SSSR count). The highest BCUT2D eigenvalue weighted by Gasteiger charge is 2.35. The van der Waals surface area contributed by atoms with Gasteiger partial charge in [0.15, 0.2) is 5.82 Å². The molecule has 0 amide bonds. The third-order valence-electron chi connectivity index (χ3n) is 6.65. The molecule has 0 unspecified atom stereocenters. The number of hydrogen-bond donors (Lipinski definition) is 0. The minimum Gasteiger partial charge on any atom is -0.325 e. The van der Waals surface area contributed by atoms with Crippen LogP contribution in [0.1, 0.15) is 43.7 Å². The van der Waals surface area contributed by atoms with Gasteiger partial charge in [-0.3, -0.25) is 4.98 Å². The molecule has 160 valence electrons. The smallest absolute Gasteiger partial charge is 0.204 e. The molecule has 1 aromatic carbocycles. The Bertz CT molecular complexity index is 1440. The van der Waals surface area contributed by atoms with Crippen molar-refractivity contribution in [2.24, 2.45) is 12.5 Å². The van der Waals surface area contributed by atoms with E-state index >= 15 is 4.39 Å². The molecule has 4 aromatic rings. The summed E-state index contributed by atoms with van der Waals surface area (Å²) in [5, 5.41) is 9.44. The lowest BCUT2D eigenvalue weighted by atomic mass is 9.99. The SMILES string of the molecule is Cn1nnc2nc(N3CCCCc4c(C#CC5(C)CC5)cccc43)c3c(F)cncc3c21. The minimum atomic E-state index is -0.392. The number of rotatable bonds is 1. The monoisotopic (exact) mass is 426 g/mol. The van der Waals surface area contributed by atoms with Crippen molar-refractivity contribution in [3.63, 3.8) is 0 Å². The van der Waals surface area contributed by atoms with Crippen molar-refractivity contribution in [2.75, 3.05) is 11.4 Å². The summed E-state index contributed by atoms with van der Waals surface area (Å²) in [4.78, 5) is 11.0. The number of fused-ring (bicyclic) bond motifs is 4. The Morgan fingerprint density at radius 1 is 1.16 bits per heavy atom. The number of aryl methyl sites for hydroxylation is 1. The van der Waals surface area contributed by atoms with Crippen molar-refractivity contribution in [1.29, 1.82) is 0 Å². The molecule has 6 nitrogen and oxygen atoms in total. The number of benzene rings is 1. The quantitative estimate of drug-likeness (QED) is 0.414. The van der Waals surface area contributed by atoms with Crippen molar-refractivity contribution in [2.45, 2.75) is 39.0 Å². The maximum absolute atomic E-state index is 15.2. The Labute approximate surface area is 185 Å². The first-order valence-corrected chi connectivity index (χ1v) is 11.1. The fourth-order valence-electron chi connectivity index (χ4n) is 4.56. The highest BCUT2D eigenvalue weighted by Crippen LogP contribution is 2.44. The maximum atomic E-state index is 15.2. The molecule has 1 aliphatic carbocycles. The summed E-state index contributed by atoms with van der Waals surface area (Å²) in [6, 6.07) is 6.23. The number of pyridine rings is 2. The third kappa shape index (κ3) is 3.01. The van der Waals surface area contributed by atoms with Crippen LogP contribution < -0.4 is 4.90 Å². The molecule has 3 aromatic heterocycles. The van der Waals surface area contributed by atoms with E-state index in [1.54, 1.807) is 17.9 Å². The van der Waals surface area contributed by atoms with E-state index in [-0.39, 0.29) is 5.41 Å². The third-order valence-corrected chi connectivity index (χ3v) is 6.65. The van der Waals surface area contributed by atoms with Crippen molar-refractivity contribution in [3.8, 4) is 11.8 Å². The molecular formula is C25H23FN6. The van der Waals surface area contributed by atoms with Crippen molar-refractivity contribution in [3.05, 3.63) is 47.5 Å². The molecule has 0 N–H and O–H groups in total. The molecule has 2 aliphatic rings. The second-order valence-corrected chi connectivity index (χ2v) is 9.09. The van der Waals surface area contributed by atoms with Gasteiger partial charge in [0.1, 0.15) is 11.3 Å². The summed E-state index contributed by atoms with van der Waals surface area (Å²) < 4.78 is 16.8. The summed E-state index contributed by atoms with van der Waals surface area (Å²) in [5.41, 5.74) is 4.66. The average Bonchev–Trinajstić information content (AvgIpc) is 3.47. The van der Waals surface area contributed by atoms with E-state index in [2.05, 4.69) is 51.1 Å². The molecule has 32 heavy (non-hydrogen) atoms. The van der Waals surface area contributed by atoms with E-state index in [1.165, 1.54) is 24.6 Å². The van der Waals surface area contributed by atoms with Gasteiger partial charge >= 0.3 is 0 Å². The zero-order chi connectivity index (χ0) is 21.9. The Morgan fingerprint density at radius 3 is 2.88 bits per heavy atom. The molecule has 7 heteroatoms.